The summed E-state index contributed by atoms with van der Waals surface area (Å²) in [6.07, 6.45) is 0. The second-order valence-corrected chi connectivity index (χ2v) is 9.52. The van der Waals surface area contributed by atoms with Crippen LogP contribution < -0.4 is 14.2 Å². The summed E-state index contributed by atoms with van der Waals surface area (Å²) in [5, 5.41) is 0. The van der Waals surface area contributed by atoms with Crippen LogP contribution in [0.15, 0.2) is 18.2 Å². The van der Waals surface area contributed by atoms with E-state index >= 15 is 0 Å². The van der Waals surface area contributed by atoms with Gasteiger partial charge in [-0.25, -0.2) is 0 Å². The van der Waals surface area contributed by atoms with Gasteiger partial charge in [0.25, 0.3) is 0 Å². The molecular formula is C20H29BrO7. The van der Waals surface area contributed by atoms with Crippen LogP contribution in [-0.4, -0.2) is 49.8 Å². The summed E-state index contributed by atoms with van der Waals surface area (Å²) in [5.41, 5.74) is -0.551. The van der Waals surface area contributed by atoms with E-state index in [0.29, 0.717) is 17.2 Å². The first-order valence-electron chi connectivity index (χ1n) is 8.91. The molecule has 0 spiro atoms. The number of halogens is 1. The Morgan fingerprint density at radius 2 is 1.21 bits per heavy atom. The van der Waals surface area contributed by atoms with Crippen molar-refractivity contribution in [1.29, 1.82) is 0 Å². The number of carbonyl (C=O) groups is 2. The van der Waals surface area contributed by atoms with Gasteiger partial charge < -0.3 is 23.7 Å². The van der Waals surface area contributed by atoms with Gasteiger partial charge in [0.05, 0.1) is 12.5 Å². The van der Waals surface area contributed by atoms with Crippen molar-refractivity contribution in [3.63, 3.8) is 0 Å². The van der Waals surface area contributed by atoms with Gasteiger partial charge in [0.1, 0.15) is 48.0 Å². The molecule has 158 valence electrons. The highest BCUT2D eigenvalue weighted by atomic mass is 79.9. The standard InChI is InChI=1S/C20H29BrO7/c1-19(2,3)17(22)27-9-7-25-15-11-14(24-6)12-16(13-15)26-8-10-28-18(23)20(4,5)21/h11-13H,7-10H2,1-6H3. The molecule has 1 aromatic carbocycles. The number of rotatable bonds is 10. The van der Waals surface area contributed by atoms with Gasteiger partial charge in [-0.3, -0.25) is 9.59 Å². The zero-order valence-corrected chi connectivity index (χ0v) is 18.9. The van der Waals surface area contributed by atoms with Crippen molar-refractivity contribution in [3.05, 3.63) is 18.2 Å². The van der Waals surface area contributed by atoms with Crippen LogP contribution in [0.25, 0.3) is 0 Å². The van der Waals surface area contributed by atoms with Crippen LogP contribution in [0.1, 0.15) is 34.6 Å². The number of esters is 2. The fraction of sp³-hybridized carbons (Fsp3) is 0.600. The monoisotopic (exact) mass is 460 g/mol. The van der Waals surface area contributed by atoms with Crippen molar-refractivity contribution >= 4 is 27.9 Å². The lowest BCUT2D eigenvalue weighted by Gasteiger charge is -2.17. The van der Waals surface area contributed by atoms with Gasteiger partial charge in [0, 0.05) is 18.2 Å². The first-order valence-corrected chi connectivity index (χ1v) is 9.71. The molecule has 0 N–H and O–H groups in total. The van der Waals surface area contributed by atoms with Gasteiger partial charge in [0.15, 0.2) is 0 Å². The van der Waals surface area contributed by atoms with Gasteiger partial charge in [0.2, 0.25) is 0 Å². The number of methoxy groups -OCH3 is 1. The molecule has 0 aromatic heterocycles. The average molecular weight is 461 g/mol. The first kappa shape index (κ1) is 24.1. The van der Waals surface area contributed by atoms with Crippen molar-refractivity contribution in [1.82, 2.24) is 0 Å². The quantitative estimate of drug-likeness (QED) is 0.298. The number of ether oxygens (including phenoxy) is 5. The van der Waals surface area contributed by atoms with E-state index in [9.17, 15) is 9.59 Å². The molecule has 0 radical (unpaired) electrons. The minimum absolute atomic E-state index is 0.115. The molecule has 28 heavy (non-hydrogen) atoms. The summed E-state index contributed by atoms with van der Waals surface area (Å²) in [6.45, 7) is 9.43. The van der Waals surface area contributed by atoms with Crippen molar-refractivity contribution in [2.45, 2.75) is 38.9 Å². The van der Waals surface area contributed by atoms with E-state index < -0.39 is 9.74 Å². The smallest absolute Gasteiger partial charge is 0.322 e. The number of alkyl halides is 1. The third-order valence-electron chi connectivity index (χ3n) is 3.36. The van der Waals surface area contributed by atoms with E-state index in [2.05, 4.69) is 15.9 Å². The minimum atomic E-state index is -0.736. The fourth-order valence-corrected chi connectivity index (χ4v) is 1.92. The van der Waals surface area contributed by atoms with E-state index in [0.717, 1.165) is 0 Å². The summed E-state index contributed by atoms with van der Waals surface area (Å²) < 4.78 is 26.0. The Labute approximate surface area is 174 Å². The second kappa shape index (κ2) is 10.5. The Balaban J connectivity index is 2.52. The molecule has 0 bridgehead atoms. The number of benzene rings is 1. The van der Waals surface area contributed by atoms with E-state index in [1.807, 2.05) is 0 Å². The molecule has 0 aliphatic rings. The third kappa shape index (κ3) is 8.82. The molecule has 1 aromatic rings. The SMILES string of the molecule is COc1cc(OCCOC(=O)C(C)(C)C)cc(OCCOC(=O)C(C)(C)Br)c1. The largest absolute Gasteiger partial charge is 0.496 e. The molecule has 0 heterocycles. The zero-order chi connectivity index (χ0) is 21.4. The fourth-order valence-electron chi connectivity index (χ4n) is 1.81. The molecular weight excluding hydrogens is 432 g/mol. The van der Waals surface area contributed by atoms with E-state index in [1.165, 1.54) is 7.11 Å². The van der Waals surface area contributed by atoms with Gasteiger partial charge in [-0.2, -0.15) is 0 Å². The summed E-state index contributed by atoms with van der Waals surface area (Å²) >= 11 is 3.24. The predicted molar refractivity (Wildman–Crippen MR) is 108 cm³/mol. The van der Waals surface area contributed by atoms with Crippen LogP contribution in [0.3, 0.4) is 0 Å². The van der Waals surface area contributed by atoms with Crippen LogP contribution >= 0.6 is 15.9 Å². The lowest BCUT2D eigenvalue weighted by Crippen LogP contribution is -2.28. The van der Waals surface area contributed by atoms with Gasteiger partial charge in [-0.1, -0.05) is 15.9 Å². The molecule has 0 aliphatic carbocycles. The molecule has 0 fully saturated rings. The first-order chi connectivity index (χ1) is 12.9. The van der Waals surface area contributed by atoms with Crippen molar-refractivity contribution in [2.24, 2.45) is 5.41 Å². The molecule has 8 heteroatoms. The summed E-state index contributed by atoms with van der Waals surface area (Å²) in [6, 6.07) is 5.08. The molecule has 7 nitrogen and oxygen atoms in total. The third-order valence-corrected chi connectivity index (χ3v) is 3.68. The van der Waals surface area contributed by atoms with E-state index in [1.54, 1.807) is 52.8 Å². The second-order valence-electron chi connectivity index (χ2n) is 7.54. The van der Waals surface area contributed by atoms with Gasteiger partial charge >= 0.3 is 11.9 Å². The predicted octanol–water partition coefficient (Wildman–Crippen LogP) is 3.76. The maximum absolute atomic E-state index is 11.7. The van der Waals surface area contributed by atoms with Crippen LogP contribution in [0.2, 0.25) is 0 Å². The highest BCUT2D eigenvalue weighted by molar-refractivity contribution is 9.10. The van der Waals surface area contributed by atoms with Gasteiger partial charge in [-0.05, 0) is 34.6 Å². The Morgan fingerprint density at radius 1 is 0.786 bits per heavy atom. The van der Waals surface area contributed by atoms with Gasteiger partial charge in [-0.15, -0.1) is 0 Å². The number of hydrogen-bond donors (Lipinski definition) is 0. The molecule has 0 atom stereocenters. The normalized spacial score (nSPS) is 11.5. The Bertz CT molecular complexity index is 607. The van der Waals surface area contributed by atoms with Crippen LogP contribution in [0.5, 0.6) is 17.2 Å². The topological polar surface area (TPSA) is 80.3 Å². The Morgan fingerprint density at radius 3 is 1.61 bits per heavy atom. The molecule has 0 amide bonds. The van der Waals surface area contributed by atoms with E-state index in [4.69, 9.17) is 23.7 Å². The molecule has 0 unspecified atom stereocenters. The van der Waals surface area contributed by atoms with Crippen molar-refractivity contribution in [2.75, 3.05) is 33.5 Å². The van der Waals surface area contributed by atoms with Crippen molar-refractivity contribution in [3.8, 4) is 17.2 Å². The minimum Gasteiger partial charge on any atom is -0.496 e. The Kier molecular flexibility index (Phi) is 9.07. The molecule has 0 saturated heterocycles. The summed E-state index contributed by atoms with van der Waals surface area (Å²) in [5.74, 6) is 0.926. The molecule has 0 aliphatic heterocycles. The lowest BCUT2D eigenvalue weighted by atomic mass is 9.97. The summed E-state index contributed by atoms with van der Waals surface area (Å²) in [7, 11) is 1.54. The van der Waals surface area contributed by atoms with Crippen LogP contribution in [-0.2, 0) is 19.1 Å². The molecule has 0 saturated carbocycles. The maximum Gasteiger partial charge on any atom is 0.322 e. The Hall–Kier alpha value is -1.96. The van der Waals surface area contributed by atoms with Crippen molar-refractivity contribution < 1.29 is 33.3 Å². The molecule has 1 rings (SSSR count). The highest BCUT2D eigenvalue weighted by Gasteiger charge is 2.25. The number of carbonyl (C=O) groups excluding carboxylic acids is 2. The lowest BCUT2D eigenvalue weighted by molar-refractivity contribution is -0.153. The van der Waals surface area contributed by atoms with E-state index in [-0.39, 0.29) is 38.4 Å². The van der Waals surface area contributed by atoms with Crippen LogP contribution in [0.4, 0.5) is 0 Å². The average Bonchev–Trinajstić information content (AvgIpc) is 2.60. The van der Waals surface area contributed by atoms with Crippen LogP contribution in [0, 0.1) is 5.41 Å². The summed E-state index contributed by atoms with van der Waals surface area (Å²) in [4.78, 5) is 23.4. The highest BCUT2D eigenvalue weighted by Crippen LogP contribution is 2.28. The number of hydrogen-bond acceptors (Lipinski definition) is 7. The zero-order valence-electron chi connectivity index (χ0n) is 17.3. The maximum atomic E-state index is 11.7.